The zero-order valence-electron chi connectivity index (χ0n) is 13.1. The van der Waals surface area contributed by atoms with Crippen molar-refractivity contribution in [1.29, 1.82) is 0 Å². The first-order valence-corrected chi connectivity index (χ1v) is 9.38. The van der Waals surface area contributed by atoms with E-state index in [1.165, 1.54) is 6.42 Å². The third-order valence-corrected chi connectivity index (χ3v) is 5.73. The summed E-state index contributed by atoms with van der Waals surface area (Å²) in [6.07, 6.45) is 4.02. The zero-order valence-corrected chi connectivity index (χ0v) is 13.9. The van der Waals surface area contributed by atoms with E-state index >= 15 is 0 Å². The molecule has 1 aliphatic carbocycles. The lowest BCUT2D eigenvalue weighted by Crippen LogP contribution is -2.39. The van der Waals surface area contributed by atoms with E-state index in [0.29, 0.717) is 23.9 Å². The summed E-state index contributed by atoms with van der Waals surface area (Å²) in [6, 6.07) is 8.40. The molecule has 0 saturated heterocycles. The molecular formula is C16H26N2O3S. The molecule has 2 rings (SSSR count). The summed E-state index contributed by atoms with van der Waals surface area (Å²) in [5.74, 6) is 0.310. The van der Waals surface area contributed by atoms with Crippen molar-refractivity contribution in [3.05, 3.63) is 30.3 Å². The Morgan fingerprint density at radius 2 is 1.91 bits per heavy atom. The van der Waals surface area contributed by atoms with Crippen LogP contribution in [0.5, 0.6) is 0 Å². The number of aliphatic hydroxyl groups is 1. The van der Waals surface area contributed by atoms with Crippen molar-refractivity contribution in [2.24, 2.45) is 5.92 Å². The molecule has 2 atom stereocenters. The second kappa shape index (κ2) is 8.06. The summed E-state index contributed by atoms with van der Waals surface area (Å²) in [7, 11) is -1.46. The van der Waals surface area contributed by atoms with Crippen LogP contribution in [-0.4, -0.2) is 51.2 Å². The van der Waals surface area contributed by atoms with Crippen molar-refractivity contribution in [3.63, 3.8) is 0 Å². The van der Waals surface area contributed by atoms with Gasteiger partial charge in [-0.2, -0.15) is 0 Å². The van der Waals surface area contributed by atoms with E-state index in [0.717, 1.165) is 25.8 Å². The van der Waals surface area contributed by atoms with E-state index in [9.17, 15) is 13.5 Å². The second-order valence-electron chi connectivity index (χ2n) is 6.08. The van der Waals surface area contributed by atoms with Gasteiger partial charge in [-0.05, 0) is 37.9 Å². The largest absolute Gasteiger partial charge is 0.393 e. The van der Waals surface area contributed by atoms with Crippen molar-refractivity contribution in [2.75, 3.05) is 26.7 Å². The number of hydrogen-bond donors (Lipinski definition) is 2. The van der Waals surface area contributed by atoms with Crippen LogP contribution >= 0.6 is 0 Å². The minimum absolute atomic E-state index is 0.211. The van der Waals surface area contributed by atoms with Crippen LogP contribution in [0.1, 0.15) is 25.7 Å². The van der Waals surface area contributed by atoms with Crippen LogP contribution in [0.2, 0.25) is 0 Å². The van der Waals surface area contributed by atoms with E-state index in [4.69, 9.17) is 0 Å². The molecule has 1 saturated carbocycles. The fraction of sp³-hybridized carbons (Fsp3) is 0.625. The first-order valence-electron chi connectivity index (χ1n) is 7.90. The second-order valence-corrected chi connectivity index (χ2v) is 7.85. The predicted octanol–water partition coefficient (Wildman–Crippen LogP) is 1.45. The highest BCUT2D eigenvalue weighted by Crippen LogP contribution is 2.24. The molecule has 0 spiro atoms. The summed E-state index contributed by atoms with van der Waals surface area (Å²) in [4.78, 5) is 2.38. The summed E-state index contributed by atoms with van der Waals surface area (Å²) >= 11 is 0. The molecule has 1 aromatic rings. The van der Waals surface area contributed by atoms with Crippen LogP contribution in [0, 0.1) is 5.92 Å². The first-order chi connectivity index (χ1) is 10.5. The SMILES string of the molecule is CN(CCNS(=O)(=O)c1ccccc1)CC1CCCCC1O. The number of benzene rings is 1. The normalized spacial score (nSPS) is 22.9. The Hall–Kier alpha value is -0.950. The first kappa shape index (κ1) is 17.4. The molecule has 22 heavy (non-hydrogen) atoms. The highest BCUT2D eigenvalue weighted by atomic mass is 32.2. The molecule has 0 aliphatic heterocycles. The topological polar surface area (TPSA) is 69.6 Å². The minimum atomic E-state index is -3.43. The molecule has 2 unspecified atom stereocenters. The molecule has 124 valence electrons. The van der Waals surface area contributed by atoms with Crippen LogP contribution < -0.4 is 4.72 Å². The maximum absolute atomic E-state index is 12.1. The van der Waals surface area contributed by atoms with Gasteiger partial charge in [0.2, 0.25) is 10.0 Å². The summed E-state index contributed by atoms with van der Waals surface area (Å²) in [5, 5.41) is 9.98. The fourth-order valence-electron chi connectivity index (χ4n) is 2.95. The lowest BCUT2D eigenvalue weighted by atomic mass is 9.86. The maximum Gasteiger partial charge on any atom is 0.240 e. The molecule has 2 N–H and O–H groups in total. The molecule has 1 fully saturated rings. The van der Waals surface area contributed by atoms with Gasteiger partial charge < -0.3 is 10.0 Å². The Kier molecular flexibility index (Phi) is 6.37. The Balaban J connectivity index is 1.76. The van der Waals surface area contributed by atoms with Gasteiger partial charge in [0.25, 0.3) is 0 Å². The highest BCUT2D eigenvalue weighted by molar-refractivity contribution is 7.89. The van der Waals surface area contributed by atoms with Crippen molar-refractivity contribution < 1.29 is 13.5 Å². The van der Waals surface area contributed by atoms with Gasteiger partial charge in [-0.1, -0.05) is 31.0 Å². The van der Waals surface area contributed by atoms with Gasteiger partial charge in [0.1, 0.15) is 0 Å². The molecular weight excluding hydrogens is 300 g/mol. The fourth-order valence-corrected chi connectivity index (χ4v) is 3.99. The Morgan fingerprint density at radius 3 is 2.59 bits per heavy atom. The molecule has 0 heterocycles. The average Bonchev–Trinajstić information content (AvgIpc) is 2.50. The quantitative estimate of drug-likeness (QED) is 0.796. The summed E-state index contributed by atoms with van der Waals surface area (Å²) in [5.41, 5.74) is 0. The summed E-state index contributed by atoms with van der Waals surface area (Å²) < 4.78 is 26.8. The van der Waals surface area contributed by atoms with Crippen LogP contribution in [0.3, 0.4) is 0 Å². The van der Waals surface area contributed by atoms with Gasteiger partial charge in [0, 0.05) is 19.6 Å². The van der Waals surface area contributed by atoms with Crippen molar-refractivity contribution in [2.45, 2.75) is 36.7 Å². The van der Waals surface area contributed by atoms with E-state index in [1.807, 2.05) is 7.05 Å². The van der Waals surface area contributed by atoms with Gasteiger partial charge >= 0.3 is 0 Å². The van der Waals surface area contributed by atoms with Crippen LogP contribution in [0.4, 0.5) is 0 Å². The standard InChI is InChI=1S/C16H26N2O3S/c1-18(13-14-7-5-6-10-16(14)19)12-11-17-22(20,21)15-8-3-2-4-9-15/h2-4,8-9,14,16-17,19H,5-7,10-13H2,1H3. The van der Waals surface area contributed by atoms with Crippen LogP contribution in [0.15, 0.2) is 35.2 Å². The highest BCUT2D eigenvalue weighted by Gasteiger charge is 2.24. The van der Waals surface area contributed by atoms with Crippen molar-refractivity contribution in [1.82, 2.24) is 9.62 Å². The van der Waals surface area contributed by atoms with Gasteiger partial charge in [-0.15, -0.1) is 0 Å². The molecule has 0 amide bonds. The monoisotopic (exact) mass is 326 g/mol. The number of aliphatic hydroxyl groups excluding tert-OH is 1. The Labute approximate surface area is 133 Å². The predicted molar refractivity (Wildman–Crippen MR) is 87.1 cm³/mol. The van der Waals surface area contributed by atoms with Crippen LogP contribution in [-0.2, 0) is 10.0 Å². The third-order valence-electron chi connectivity index (χ3n) is 4.25. The number of likely N-dealkylation sites (N-methyl/N-ethyl adjacent to an activating group) is 1. The maximum atomic E-state index is 12.1. The number of rotatable bonds is 7. The van der Waals surface area contributed by atoms with E-state index < -0.39 is 10.0 Å². The third kappa shape index (κ3) is 5.05. The van der Waals surface area contributed by atoms with Gasteiger partial charge in [0.05, 0.1) is 11.0 Å². The van der Waals surface area contributed by atoms with E-state index in [2.05, 4.69) is 9.62 Å². The number of sulfonamides is 1. The summed E-state index contributed by atoms with van der Waals surface area (Å²) in [6.45, 7) is 1.82. The smallest absolute Gasteiger partial charge is 0.240 e. The number of nitrogens with zero attached hydrogens (tertiary/aromatic N) is 1. The van der Waals surface area contributed by atoms with Gasteiger partial charge in [-0.25, -0.2) is 13.1 Å². The molecule has 0 radical (unpaired) electrons. The lowest BCUT2D eigenvalue weighted by molar-refractivity contribution is 0.0518. The molecule has 1 aromatic carbocycles. The Morgan fingerprint density at radius 1 is 1.23 bits per heavy atom. The molecule has 5 nitrogen and oxygen atoms in total. The molecule has 1 aliphatic rings. The van der Waals surface area contributed by atoms with Crippen molar-refractivity contribution in [3.8, 4) is 0 Å². The van der Waals surface area contributed by atoms with Gasteiger partial charge in [0.15, 0.2) is 0 Å². The molecule has 0 aromatic heterocycles. The average molecular weight is 326 g/mol. The van der Waals surface area contributed by atoms with Gasteiger partial charge in [-0.3, -0.25) is 0 Å². The van der Waals surface area contributed by atoms with Crippen molar-refractivity contribution >= 4 is 10.0 Å². The lowest BCUT2D eigenvalue weighted by Gasteiger charge is -2.31. The molecule has 0 bridgehead atoms. The van der Waals surface area contributed by atoms with E-state index in [1.54, 1.807) is 30.3 Å². The molecule has 6 heteroatoms. The zero-order chi connectivity index (χ0) is 16.0. The Bertz CT molecular complexity index is 548. The minimum Gasteiger partial charge on any atom is -0.393 e. The van der Waals surface area contributed by atoms with Crippen LogP contribution in [0.25, 0.3) is 0 Å². The number of hydrogen-bond acceptors (Lipinski definition) is 4. The van der Waals surface area contributed by atoms with E-state index in [-0.39, 0.29) is 6.10 Å². The number of nitrogens with one attached hydrogen (secondary N) is 1.